The van der Waals surface area contributed by atoms with Gasteiger partial charge in [-0.1, -0.05) is 27.2 Å². The number of aliphatic hydroxyl groups excluding tert-OH is 1. The summed E-state index contributed by atoms with van der Waals surface area (Å²) in [5.74, 6) is 2.09. The van der Waals surface area contributed by atoms with Gasteiger partial charge >= 0.3 is 0 Å². The van der Waals surface area contributed by atoms with Crippen molar-refractivity contribution in [3.63, 3.8) is 0 Å². The predicted octanol–water partition coefficient (Wildman–Crippen LogP) is 2.07. The van der Waals surface area contributed by atoms with Crippen molar-refractivity contribution in [2.45, 2.75) is 52.2 Å². The Kier molecular flexibility index (Phi) is 7.13. The summed E-state index contributed by atoms with van der Waals surface area (Å²) in [6.07, 6.45) is 3.74. The minimum atomic E-state index is -0.353. The van der Waals surface area contributed by atoms with Crippen LogP contribution in [-0.4, -0.2) is 73.5 Å². The van der Waals surface area contributed by atoms with Crippen LogP contribution in [0.2, 0.25) is 0 Å². The molecule has 0 spiro atoms. The van der Waals surface area contributed by atoms with Crippen molar-refractivity contribution in [3.05, 3.63) is 0 Å². The van der Waals surface area contributed by atoms with Crippen LogP contribution in [-0.2, 0) is 4.74 Å². The van der Waals surface area contributed by atoms with Gasteiger partial charge in [-0.15, -0.1) is 0 Å². The summed E-state index contributed by atoms with van der Waals surface area (Å²) in [5.41, 5.74) is 0. The monoisotopic (exact) mass is 312 g/mol. The summed E-state index contributed by atoms with van der Waals surface area (Å²) >= 11 is 0. The maximum absolute atomic E-state index is 10.3. The first-order valence-electron chi connectivity index (χ1n) is 9.16. The number of hydrogen-bond donors (Lipinski definition) is 1. The van der Waals surface area contributed by atoms with E-state index >= 15 is 0 Å². The molecule has 1 aliphatic carbocycles. The molecule has 0 amide bonds. The number of likely N-dealkylation sites (N-methyl/N-ethyl adjacent to an activating group) is 1. The van der Waals surface area contributed by atoms with E-state index in [1.165, 1.54) is 12.8 Å². The molecule has 1 saturated heterocycles. The fourth-order valence-electron chi connectivity index (χ4n) is 3.92. The standard InChI is InChI=1S/C18H36N2O2/c1-14(2)17-6-5-15(3)11-18(17)22-13-16(21)12-20-9-7-19(4)8-10-20/h14-18,21H,5-13H2,1-4H3/t15-,16-,17-,18-/m1/s1. The van der Waals surface area contributed by atoms with Crippen molar-refractivity contribution in [1.29, 1.82) is 0 Å². The van der Waals surface area contributed by atoms with Crippen molar-refractivity contribution in [2.24, 2.45) is 17.8 Å². The minimum Gasteiger partial charge on any atom is -0.389 e. The summed E-state index contributed by atoms with van der Waals surface area (Å²) in [4.78, 5) is 4.70. The van der Waals surface area contributed by atoms with Crippen LogP contribution in [0.5, 0.6) is 0 Å². The van der Waals surface area contributed by atoms with Crippen LogP contribution in [0.15, 0.2) is 0 Å². The van der Waals surface area contributed by atoms with Gasteiger partial charge in [0.1, 0.15) is 0 Å². The van der Waals surface area contributed by atoms with Crippen molar-refractivity contribution < 1.29 is 9.84 Å². The molecule has 0 unspecified atom stereocenters. The van der Waals surface area contributed by atoms with E-state index in [0.29, 0.717) is 24.5 Å². The second-order valence-electron chi connectivity index (χ2n) is 7.96. The van der Waals surface area contributed by atoms with Gasteiger partial charge < -0.3 is 14.7 Å². The Morgan fingerprint density at radius 2 is 1.82 bits per heavy atom. The van der Waals surface area contributed by atoms with Gasteiger partial charge in [-0.05, 0) is 37.6 Å². The topological polar surface area (TPSA) is 35.9 Å². The average Bonchev–Trinajstić information content (AvgIpc) is 2.47. The Bertz CT molecular complexity index is 316. The van der Waals surface area contributed by atoms with Crippen molar-refractivity contribution in [2.75, 3.05) is 46.4 Å². The lowest BCUT2D eigenvalue weighted by molar-refractivity contribution is -0.0751. The molecule has 4 nitrogen and oxygen atoms in total. The Balaban J connectivity index is 1.73. The zero-order valence-corrected chi connectivity index (χ0v) is 15.0. The van der Waals surface area contributed by atoms with E-state index in [0.717, 1.165) is 45.1 Å². The number of aliphatic hydroxyl groups is 1. The molecular weight excluding hydrogens is 276 g/mol. The minimum absolute atomic E-state index is 0.339. The largest absolute Gasteiger partial charge is 0.389 e. The van der Waals surface area contributed by atoms with E-state index in [2.05, 4.69) is 37.6 Å². The van der Waals surface area contributed by atoms with E-state index in [-0.39, 0.29) is 6.10 Å². The van der Waals surface area contributed by atoms with E-state index in [4.69, 9.17) is 4.74 Å². The highest BCUT2D eigenvalue weighted by molar-refractivity contribution is 4.82. The summed E-state index contributed by atoms with van der Waals surface area (Å²) in [5, 5.41) is 10.3. The molecule has 1 aliphatic heterocycles. The molecule has 130 valence electrons. The van der Waals surface area contributed by atoms with Crippen LogP contribution < -0.4 is 0 Å². The second kappa shape index (κ2) is 8.62. The first kappa shape index (κ1) is 18.2. The molecule has 22 heavy (non-hydrogen) atoms. The van der Waals surface area contributed by atoms with Gasteiger partial charge in [-0.2, -0.15) is 0 Å². The summed E-state index contributed by atoms with van der Waals surface area (Å²) in [6, 6.07) is 0. The lowest BCUT2D eigenvalue weighted by atomic mass is 9.75. The molecule has 0 bridgehead atoms. The second-order valence-corrected chi connectivity index (χ2v) is 7.96. The Morgan fingerprint density at radius 3 is 2.45 bits per heavy atom. The van der Waals surface area contributed by atoms with Crippen LogP contribution in [0.3, 0.4) is 0 Å². The molecule has 0 radical (unpaired) electrons. The Hall–Kier alpha value is -0.160. The van der Waals surface area contributed by atoms with Crippen molar-refractivity contribution in [3.8, 4) is 0 Å². The third-order valence-electron chi connectivity index (χ3n) is 5.53. The molecule has 2 fully saturated rings. The lowest BCUT2D eigenvalue weighted by Crippen LogP contribution is -2.48. The third kappa shape index (κ3) is 5.48. The van der Waals surface area contributed by atoms with Gasteiger partial charge in [0, 0.05) is 32.7 Å². The van der Waals surface area contributed by atoms with Gasteiger partial charge in [0.2, 0.25) is 0 Å². The van der Waals surface area contributed by atoms with Gasteiger partial charge in [0.25, 0.3) is 0 Å². The average molecular weight is 312 g/mol. The maximum Gasteiger partial charge on any atom is 0.0900 e. The lowest BCUT2D eigenvalue weighted by Gasteiger charge is -2.38. The van der Waals surface area contributed by atoms with Crippen molar-refractivity contribution >= 4 is 0 Å². The number of rotatable bonds is 6. The van der Waals surface area contributed by atoms with Crippen LogP contribution in [0, 0.1) is 17.8 Å². The third-order valence-corrected chi connectivity index (χ3v) is 5.53. The first-order chi connectivity index (χ1) is 10.5. The summed E-state index contributed by atoms with van der Waals surface area (Å²) < 4.78 is 6.16. The summed E-state index contributed by atoms with van der Waals surface area (Å²) in [6.45, 7) is 12.5. The van der Waals surface area contributed by atoms with Crippen LogP contribution in [0.4, 0.5) is 0 Å². The van der Waals surface area contributed by atoms with Crippen LogP contribution in [0.25, 0.3) is 0 Å². The fraction of sp³-hybridized carbons (Fsp3) is 1.00. The van der Waals surface area contributed by atoms with E-state index < -0.39 is 0 Å². The van der Waals surface area contributed by atoms with E-state index in [1.807, 2.05) is 0 Å². The quantitative estimate of drug-likeness (QED) is 0.814. The highest BCUT2D eigenvalue weighted by Crippen LogP contribution is 2.35. The Labute approximate surface area is 136 Å². The SMILES string of the molecule is CC(C)[C@H]1CC[C@@H](C)C[C@H]1OC[C@H](O)CN1CCN(C)CC1. The van der Waals surface area contributed by atoms with E-state index in [1.54, 1.807) is 0 Å². The molecule has 0 aromatic carbocycles. The van der Waals surface area contributed by atoms with Gasteiger partial charge in [0.05, 0.1) is 18.8 Å². The number of nitrogens with zero attached hydrogens (tertiary/aromatic N) is 2. The maximum atomic E-state index is 10.3. The molecule has 1 heterocycles. The highest BCUT2D eigenvalue weighted by Gasteiger charge is 2.31. The fourth-order valence-corrected chi connectivity index (χ4v) is 3.92. The molecular formula is C18H36N2O2. The van der Waals surface area contributed by atoms with Gasteiger partial charge in [-0.3, -0.25) is 4.90 Å². The van der Waals surface area contributed by atoms with Crippen LogP contribution in [0.1, 0.15) is 40.0 Å². The Morgan fingerprint density at radius 1 is 1.14 bits per heavy atom. The zero-order chi connectivity index (χ0) is 16.1. The summed E-state index contributed by atoms with van der Waals surface area (Å²) in [7, 11) is 2.16. The highest BCUT2D eigenvalue weighted by atomic mass is 16.5. The number of β-amino-alcohol motifs (C(OH)–C–C–N with tert-alkyl or cyclic N) is 1. The molecule has 1 N–H and O–H groups in total. The molecule has 4 heteroatoms. The normalized spacial score (nSPS) is 33.3. The zero-order valence-electron chi connectivity index (χ0n) is 15.0. The van der Waals surface area contributed by atoms with Crippen LogP contribution >= 0.6 is 0 Å². The number of piperazine rings is 1. The molecule has 0 aromatic rings. The molecule has 4 atom stereocenters. The number of hydrogen-bond acceptors (Lipinski definition) is 4. The first-order valence-corrected chi connectivity index (χ1v) is 9.16. The van der Waals surface area contributed by atoms with Crippen molar-refractivity contribution in [1.82, 2.24) is 9.80 Å². The molecule has 2 aliphatic rings. The molecule has 1 saturated carbocycles. The molecule has 0 aromatic heterocycles. The number of ether oxygens (including phenoxy) is 1. The van der Waals surface area contributed by atoms with Gasteiger partial charge in [0.15, 0.2) is 0 Å². The molecule has 2 rings (SSSR count). The predicted molar refractivity (Wildman–Crippen MR) is 91.0 cm³/mol. The van der Waals surface area contributed by atoms with E-state index in [9.17, 15) is 5.11 Å². The van der Waals surface area contributed by atoms with Gasteiger partial charge in [-0.25, -0.2) is 0 Å². The smallest absolute Gasteiger partial charge is 0.0900 e.